The molecule has 2 heteroatoms. The van der Waals surface area contributed by atoms with Crippen molar-refractivity contribution >= 4 is 0 Å². The second-order valence-corrected chi connectivity index (χ2v) is 5.55. The van der Waals surface area contributed by atoms with E-state index in [-0.39, 0.29) is 0 Å². The fourth-order valence-electron chi connectivity index (χ4n) is 1.90. The number of rotatable bonds is 2. The Morgan fingerprint density at radius 1 is 0.810 bits per heavy atom. The van der Waals surface area contributed by atoms with Gasteiger partial charge < -0.3 is 0 Å². The Kier molecular flexibility index (Phi) is 5.33. The second-order valence-electron chi connectivity index (χ2n) is 5.55. The molecule has 0 aliphatic heterocycles. The molecule has 0 bridgehead atoms. The number of nitrogens with zero attached hydrogens (tertiary/aromatic N) is 2. The standard InChI is InChI=1S/C15H12N2.C4H10/c1-3-7-13(8-4-1)15-16-11-12-17(15)14-9-5-2-6-10-14;1-4(2)3/h1-12H;4H,1-3H3. The molecule has 0 saturated carbocycles. The van der Waals surface area contributed by atoms with E-state index < -0.39 is 0 Å². The Balaban J connectivity index is 0.000000361. The predicted molar refractivity (Wildman–Crippen MR) is 89.5 cm³/mol. The first-order valence-electron chi connectivity index (χ1n) is 7.32. The Morgan fingerprint density at radius 3 is 1.90 bits per heavy atom. The van der Waals surface area contributed by atoms with E-state index in [0.717, 1.165) is 23.0 Å². The van der Waals surface area contributed by atoms with Gasteiger partial charge in [-0.1, -0.05) is 69.3 Å². The Bertz CT molecular complexity index is 583. The zero-order valence-electron chi connectivity index (χ0n) is 12.9. The van der Waals surface area contributed by atoms with Gasteiger partial charge in [0.15, 0.2) is 0 Å². The minimum atomic E-state index is 0.833. The molecule has 0 saturated heterocycles. The summed E-state index contributed by atoms with van der Waals surface area (Å²) < 4.78 is 2.09. The molecule has 0 radical (unpaired) electrons. The van der Waals surface area contributed by atoms with Gasteiger partial charge in [-0.05, 0) is 18.1 Å². The summed E-state index contributed by atoms with van der Waals surface area (Å²) in [5, 5.41) is 0. The summed E-state index contributed by atoms with van der Waals surface area (Å²) in [6, 6.07) is 20.4. The van der Waals surface area contributed by atoms with Gasteiger partial charge in [-0.2, -0.15) is 0 Å². The molecule has 108 valence electrons. The van der Waals surface area contributed by atoms with Crippen molar-refractivity contribution in [3.63, 3.8) is 0 Å². The maximum atomic E-state index is 4.43. The molecule has 1 heterocycles. The molecule has 0 unspecified atom stereocenters. The molecular formula is C19H22N2. The third-order valence-electron chi connectivity index (χ3n) is 2.71. The molecule has 1 aromatic heterocycles. The summed E-state index contributed by atoms with van der Waals surface area (Å²) in [5.74, 6) is 1.80. The molecule has 0 fully saturated rings. The minimum absolute atomic E-state index is 0.833. The van der Waals surface area contributed by atoms with Crippen LogP contribution < -0.4 is 0 Å². The summed E-state index contributed by atoms with van der Waals surface area (Å²) in [5.41, 5.74) is 2.25. The zero-order valence-corrected chi connectivity index (χ0v) is 12.9. The molecule has 0 atom stereocenters. The van der Waals surface area contributed by atoms with Gasteiger partial charge >= 0.3 is 0 Å². The molecule has 0 N–H and O–H groups in total. The van der Waals surface area contributed by atoms with E-state index in [9.17, 15) is 0 Å². The van der Waals surface area contributed by atoms with E-state index in [0.29, 0.717) is 0 Å². The first kappa shape index (κ1) is 15.0. The van der Waals surface area contributed by atoms with Crippen molar-refractivity contribution in [1.29, 1.82) is 0 Å². The Hall–Kier alpha value is -2.35. The van der Waals surface area contributed by atoms with Crippen LogP contribution in [-0.2, 0) is 0 Å². The molecule has 2 nitrogen and oxygen atoms in total. The molecule has 21 heavy (non-hydrogen) atoms. The maximum absolute atomic E-state index is 4.43. The van der Waals surface area contributed by atoms with E-state index in [1.54, 1.807) is 0 Å². The normalized spacial score (nSPS) is 10.1. The van der Waals surface area contributed by atoms with Crippen LogP contribution in [0.15, 0.2) is 73.1 Å². The third kappa shape index (κ3) is 4.32. The van der Waals surface area contributed by atoms with Gasteiger partial charge in [-0.25, -0.2) is 4.98 Å². The van der Waals surface area contributed by atoms with Crippen LogP contribution in [0.25, 0.3) is 17.1 Å². The van der Waals surface area contributed by atoms with E-state index in [4.69, 9.17) is 0 Å². The molecule has 0 aliphatic carbocycles. The van der Waals surface area contributed by atoms with Gasteiger partial charge in [0.2, 0.25) is 0 Å². The summed E-state index contributed by atoms with van der Waals surface area (Å²) in [4.78, 5) is 4.43. The number of aromatic nitrogens is 2. The third-order valence-corrected chi connectivity index (χ3v) is 2.71. The van der Waals surface area contributed by atoms with Gasteiger partial charge in [-0.15, -0.1) is 0 Å². The van der Waals surface area contributed by atoms with Crippen molar-refractivity contribution in [1.82, 2.24) is 9.55 Å². The van der Waals surface area contributed by atoms with Gasteiger partial charge in [0.1, 0.15) is 5.82 Å². The summed E-state index contributed by atoms with van der Waals surface area (Å²) in [6.45, 7) is 6.50. The SMILES string of the molecule is CC(C)C.c1ccc(-c2nccn2-c2ccccc2)cc1. The second kappa shape index (κ2) is 7.44. The van der Waals surface area contributed by atoms with Crippen molar-refractivity contribution in [3.05, 3.63) is 73.1 Å². The molecular weight excluding hydrogens is 256 g/mol. The molecule has 0 amide bonds. The average molecular weight is 278 g/mol. The van der Waals surface area contributed by atoms with Crippen LogP contribution in [0.1, 0.15) is 20.8 Å². The number of benzene rings is 2. The van der Waals surface area contributed by atoms with Gasteiger partial charge in [0, 0.05) is 23.6 Å². The van der Waals surface area contributed by atoms with E-state index in [1.165, 1.54) is 0 Å². The summed E-state index contributed by atoms with van der Waals surface area (Å²) in [7, 11) is 0. The monoisotopic (exact) mass is 278 g/mol. The lowest BCUT2D eigenvalue weighted by Crippen LogP contribution is -1.95. The van der Waals surface area contributed by atoms with Crippen LogP contribution in [0.2, 0.25) is 0 Å². The van der Waals surface area contributed by atoms with E-state index >= 15 is 0 Å². The first-order chi connectivity index (χ1) is 10.2. The zero-order chi connectivity index (χ0) is 15.1. The molecule has 0 aliphatic rings. The van der Waals surface area contributed by atoms with E-state index in [1.807, 2.05) is 48.8 Å². The fraction of sp³-hybridized carbons (Fsp3) is 0.211. The molecule has 3 aromatic rings. The smallest absolute Gasteiger partial charge is 0.144 e. The number of hydrogen-bond acceptors (Lipinski definition) is 1. The summed E-state index contributed by atoms with van der Waals surface area (Å²) in [6.07, 6.45) is 3.81. The van der Waals surface area contributed by atoms with Crippen LogP contribution in [0.5, 0.6) is 0 Å². The largest absolute Gasteiger partial charge is 0.300 e. The van der Waals surface area contributed by atoms with Crippen molar-refractivity contribution in [2.75, 3.05) is 0 Å². The highest BCUT2D eigenvalue weighted by Crippen LogP contribution is 2.20. The molecule has 0 spiro atoms. The van der Waals surface area contributed by atoms with Gasteiger partial charge in [-0.3, -0.25) is 4.57 Å². The van der Waals surface area contributed by atoms with Crippen LogP contribution in [0.4, 0.5) is 0 Å². The Labute approximate surface area is 127 Å². The lowest BCUT2D eigenvalue weighted by molar-refractivity contribution is 0.737. The summed E-state index contributed by atoms with van der Waals surface area (Å²) >= 11 is 0. The van der Waals surface area contributed by atoms with Crippen molar-refractivity contribution in [2.45, 2.75) is 20.8 Å². The van der Waals surface area contributed by atoms with Crippen molar-refractivity contribution in [3.8, 4) is 17.1 Å². The Morgan fingerprint density at radius 2 is 1.33 bits per heavy atom. The average Bonchev–Trinajstić information content (AvgIpc) is 2.98. The molecule has 2 aromatic carbocycles. The number of hydrogen-bond donors (Lipinski definition) is 0. The molecule has 3 rings (SSSR count). The highest BCUT2D eigenvalue weighted by molar-refractivity contribution is 5.58. The van der Waals surface area contributed by atoms with Crippen molar-refractivity contribution < 1.29 is 0 Å². The van der Waals surface area contributed by atoms with Crippen molar-refractivity contribution in [2.24, 2.45) is 5.92 Å². The van der Waals surface area contributed by atoms with Crippen LogP contribution in [0, 0.1) is 5.92 Å². The first-order valence-corrected chi connectivity index (χ1v) is 7.32. The van der Waals surface area contributed by atoms with Crippen LogP contribution in [0.3, 0.4) is 0 Å². The van der Waals surface area contributed by atoms with Crippen LogP contribution >= 0.6 is 0 Å². The van der Waals surface area contributed by atoms with E-state index in [2.05, 4.69) is 54.6 Å². The number of imidazole rings is 1. The minimum Gasteiger partial charge on any atom is -0.300 e. The topological polar surface area (TPSA) is 17.8 Å². The lowest BCUT2D eigenvalue weighted by atomic mass is 10.2. The van der Waals surface area contributed by atoms with Gasteiger partial charge in [0.05, 0.1) is 0 Å². The maximum Gasteiger partial charge on any atom is 0.144 e. The predicted octanol–water partition coefficient (Wildman–Crippen LogP) is 5.20. The highest BCUT2D eigenvalue weighted by Gasteiger charge is 2.05. The fourth-order valence-corrected chi connectivity index (χ4v) is 1.90. The number of para-hydroxylation sites is 1. The van der Waals surface area contributed by atoms with Crippen LogP contribution in [-0.4, -0.2) is 9.55 Å². The lowest BCUT2D eigenvalue weighted by Gasteiger charge is -2.07. The quantitative estimate of drug-likeness (QED) is 0.630. The van der Waals surface area contributed by atoms with Gasteiger partial charge in [0.25, 0.3) is 0 Å². The highest BCUT2D eigenvalue weighted by atomic mass is 15.1.